The van der Waals surface area contributed by atoms with E-state index in [1.165, 1.54) is 12.8 Å². The molecule has 1 spiro atoms. The maximum absolute atomic E-state index is 12.6. The quantitative estimate of drug-likeness (QED) is 0.756. The molecular formula is C17H24N4O3S. The third kappa shape index (κ3) is 3.17. The van der Waals surface area contributed by atoms with Crippen molar-refractivity contribution >= 4 is 23.4 Å². The number of aromatic nitrogens is 2. The molecule has 3 aliphatic rings. The highest BCUT2D eigenvalue weighted by molar-refractivity contribution is 7.07. The molecule has 4 rings (SSSR count). The minimum absolute atomic E-state index is 0.0117. The fraction of sp³-hybridized carbons (Fsp3) is 0.765. The van der Waals surface area contributed by atoms with E-state index in [4.69, 9.17) is 4.74 Å². The second-order valence-corrected chi connectivity index (χ2v) is 8.25. The summed E-state index contributed by atoms with van der Waals surface area (Å²) in [6, 6.07) is 0. The number of hydrogen-bond acceptors (Lipinski definition) is 7. The van der Waals surface area contributed by atoms with Gasteiger partial charge in [-0.15, -0.1) is 5.10 Å². The number of esters is 1. The molecule has 0 aromatic carbocycles. The molecule has 0 N–H and O–H groups in total. The summed E-state index contributed by atoms with van der Waals surface area (Å²) in [5.41, 5.74) is 0.295. The van der Waals surface area contributed by atoms with E-state index in [-0.39, 0.29) is 23.4 Å². The molecule has 1 aromatic rings. The number of carbonyl (C=O) groups excluding carboxylic acids is 2. The first kappa shape index (κ1) is 16.9. The van der Waals surface area contributed by atoms with Crippen LogP contribution in [0.1, 0.15) is 47.5 Å². The summed E-state index contributed by atoms with van der Waals surface area (Å²) in [4.78, 5) is 30.0. The van der Waals surface area contributed by atoms with Crippen molar-refractivity contribution in [1.82, 2.24) is 19.4 Å². The first-order valence-corrected chi connectivity index (χ1v) is 9.86. The fourth-order valence-corrected chi connectivity index (χ4v) is 4.93. The van der Waals surface area contributed by atoms with Gasteiger partial charge in [0.05, 0.1) is 11.1 Å². The summed E-state index contributed by atoms with van der Waals surface area (Å²) < 4.78 is 9.55. The number of cyclic esters (lactones) is 1. The van der Waals surface area contributed by atoms with Crippen molar-refractivity contribution < 1.29 is 14.3 Å². The first-order chi connectivity index (χ1) is 12.1. The minimum atomic E-state index is -0.387. The summed E-state index contributed by atoms with van der Waals surface area (Å²) >= 11 is 1.14. The lowest BCUT2D eigenvalue weighted by Crippen LogP contribution is -2.45. The largest absolute Gasteiger partial charge is 0.461 e. The molecule has 3 saturated heterocycles. The molecule has 1 unspecified atom stereocenters. The van der Waals surface area contributed by atoms with Gasteiger partial charge in [0.1, 0.15) is 11.0 Å². The van der Waals surface area contributed by atoms with E-state index in [2.05, 4.69) is 14.5 Å². The fourth-order valence-electron chi connectivity index (χ4n) is 4.31. The van der Waals surface area contributed by atoms with Gasteiger partial charge in [-0.25, -0.2) is 0 Å². The van der Waals surface area contributed by atoms with Gasteiger partial charge in [0, 0.05) is 26.1 Å². The molecule has 3 fully saturated rings. The molecule has 0 aliphatic carbocycles. The zero-order valence-electron chi connectivity index (χ0n) is 14.6. The van der Waals surface area contributed by atoms with E-state index < -0.39 is 0 Å². The maximum Gasteiger partial charge on any atom is 0.312 e. The van der Waals surface area contributed by atoms with Crippen molar-refractivity contribution in [3.63, 3.8) is 0 Å². The second-order valence-electron chi connectivity index (χ2n) is 7.50. The molecular weight excluding hydrogens is 340 g/mol. The van der Waals surface area contributed by atoms with Crippen molar-refractivity contribution in [2.75, 3.05) is 32.7 Å². The summed E-state index contributed by atoms with van der Waals surface area (Å²) in [5.74, 6) is -0.0678. The van der Waals surface area contributed by atoms with Gasteiger partial charge >= 0.3 is 5.97 Å². The lowest BCUT2D eigenvalue weighted by molar-refractivity contribution is -0.150. The van der Waals surface area contributed by atoms with Crippen LogP contribution in [0.5, 0.6) is 0 Å². The minimum Gasteiger partial charge on any atom is -0.461 e. The number of rotatable bonds is 3. The zero-order chi connectivity index (χ0) is 17.4. The second kappa shape index (κ2) is 6.64. The van der Waals surface area contributed by atoms with E-state index >= 15 is 0 Å². The van der Waals surface area contributed by atoms with Crippen molar-refractivity contribution in [2.45, 2.75) is 45.1 Å². The van der Waals surface area contributed by atoms with Crippen LogP contribution < -0.4 is 0 Å². The molecule has 25 heavy (non-hydrogen) atoms. The van der Waals surface area contributed by atoms with Crippen LogP contribution in [0, 0.1) is 12.3 Å². The Labute approximate surface area is 151 Å². The number of carbonyl (C=O) groups is 2. The van der Waals surface area contributed by atoms with Crippen LogP contribution in [-0.4, -0.2) is 70.1 Å². The van der Waals surface area contributed by atoms with Gasteiger partial charge < -0.3 is 9.64 Å². The molecule has 0 saturated carbocycles. The standard InChI is InChI=1S/C17H24N4O3S/c1-12-14(25-19-18-12)15(22)21-8-4-17(5-9-21)10-13(24-16(17)23)11-20-6-2-3-7-20/h13H,2-11H2,1H3. The van der Waals surface area contributed by atoms with E-state index in [0.29, 0.717) is 36.5 Å². The lowest BCUT2D eigenvalue weighted by atomic mass is 9.76. The van der Waals surface area contributed by atoms with Crippen molar-refractivity contribution in [3.8, 4) is 0 Å². The van der Waals surface area contributed by atoms with Crippen LogP contribution >= 0.6 is 11.5 Å². The molecule has 0 radical (unpaired) electrons. The number of likely N-dealkylation sites (tertiary alicyclic amines) is 2. The van der Waals surface area contributed by atoms with E-state index in [1.807, 2.05) is 4.90 Å². The van der Waals surface area contributed by atoms with Gasteiger partial charge in [0.25, 0.3) is 5.91 Å². The van der Waals surface area contributed by atoms with Crippen LogP contribution in [0.4, 0.5) is 0 Å². The Bertz CT molecular complexity index is 663. The maximum atomic E-state index is 12.6. The van der Waals surface area contributed by atoms with Crippen LogP contribution in [0.15, 0.2) is 0 Å². The van der Waals surface area contributed by atoms with Crippen LogP contribution in [0.2, 0.25) is 0 Å². The van der Waals surface area contributed by atoms with E-state index in [0.717, 1.165) is 37.6 Å². The molecule has 7 nitrogen and oxygen atoms in total. The summed E-state index contributed by atoms with van der Waals surface area (Å²) in [6.07, 6.45) is 4.69. The monoisotopic (exact) mass is 364 g/mol. The SMILES string of the molecule is Cc1nnsc1C(=O)N1CCC2(CC1)CC(CN1CCCC1)OC2=O. The van der Waals surface area contributed by atoms with E-state index in [9.17, 15) is 9.59 Å². The Morgan fingerprint density at radius 3 is 2.64 bits per heavy atom. The average molecular weight is 364 g/mol. The molecule has 4 heterocycles. The zero-order valence-corrected chi connectivity index (χ0v) is 15.4. The number of piperidine rings is 1. The molecule has 136 valence electrons. The number of amides is 1. The number of hydrogen-bond donors (Lipinski definition) is 0. The van der Waals surface area contributed by atoms with Crippen molar-refractivity contribution in [2.24, 2.45) is 5.41 Å². The molecule has 0 bridgehead atoms. The normalized spacial score (nSPS) is 26.4. The third-order valence-corrected chi connectivity index (χ3v) is 6.66. The molecule has 1 aromatic heterocycles. The van der Waals surface area contributed by atoms with Crippen LogP contribution in [-0.2, 0) is 9.53 Å². The van der Waals surface area contributed by atoms with Gasteiger partial charge in [0.15, 0.2) is 0 Å². The third-order valence-electron chi connectivity index (χ3n) is 5.84. The predicted octanol–water partition coefficient (Wildman–Crippen LogP) is 1.48. The number of nitrogens with zero attached hydrogens (tertiary/aromatic N) is 4. The first-order valence-electron chi connectivity index (χ1n) is 9.09. The Hall–Kier alpha value is -1.54. The summed E-state index contributed by atoms with van der Waals surface area (Å²) in [6.45, 7) is 6.10. The predicted molar refractivity (Wildman–Crippen MR) is 92.4 cm³/mol. The Morgan fingerprint density at radius 2 is 2.00 bits per heavy atom. The van der Waals surface area contributed by atoms with Crippen molar-refractivity contribution in [3.05, 3.63) is 10.6 Å². The van der Waals surface area contributed by atoms with Gasteiger partial charge in [-0.2, -0.15) is 0 Å². The smallest absolute Gasteiger partial charge is 0.312 e. The van der Waals surface area contributed by atoms with Gasteiger partial charge in [-0.05, 0) is 57.2 Å². The van der Waals surface area contributed by atoms with Crippen molar-refractivity contribution in [1.29, 1.82) is 0 Å². The summed E-state index contributed by atoms with van der Waals surface area (Å²) in [5, 5.41) is 3.92. The lowest BCUT2D eigenvalue weighted by Gasteiger charge is -2.36. The average Bonchev–Trinajstić information content (AvgIpc) is 3.31. The van der Waals surface area contributed by atoms with Crippen LogP contribution in [0.3, 0.4) is 0 Å². The van der Waals surface area contributed by atoms with Gasteiger partial charge in [-0.1, -0.05) is 4.49 Å². The summed E-state index contributed by atoms with van der Waals surface area (Å²) in [7, 11) is 0. The number of aryl methyl sites for hydroxylation is 1. The Balaban J connectivity index is 1.36. The molecule has 1 atom stereocenters. The molecule has 8 heteroatoms. The Kier molecular flexibility index (Phi) is 4.49. The van der Waals surface area contributed by atoms with E-state index in [1.54, 1.807) is 6.92 Å². The highest BCUT2D eigenvalue weighted by atomic mass is 32.1. The van der Waals surface area contributed by atoms with Crippen LogP contribution in [0.25, 0.3) is 0 Å². The van der Waals surface area contributed by atoms with Gasteiger partial charge in [0.2, 0.25) is 0 Å². The number of ether oxygens (including phenoxy) is 1. The highest BCUT2D eigenvalue weighted by Gasteiger charge is 2.51. The topological polar surface area (TPSA) is 75.6 Å². The molecule has 1 amide bonds. The molecule has 3 aliphatic heterocycles. The van der Waals surface area contributed by atoms with Gasteiger partial charge in [-0.3, -0.25) is 14.5 Å². The highest BCUT2D eigenvalue weighted by Crippen LogP contribution is 2.43. The Morgan fingerprint density at radius 1 is 1.28 bits per heavy atom.